The van der Waals surface area contributed by atoms with Crippen molar-refractivity contribution >= 4 is 5.78 Å². The lowest BCUT2D eigenvalue weighted by Crippen LogP contribution is -2.16. The predicted octanol–water partition coefficient (Wildman–Crippen LogP) is 1.62. The second kappa shape index (κ2) is 6.32. The molecule has 6 heteroatoms. The van der Waals surface area contributed by atoms with Crippen LogP contribution in [0.2, 0.25) is 0 Å². The largest absolute Gasteiger partial charge is 0.507 e. The fraction of sp³-hybridized carbons (Fsp3) is 0.500. The van der Waals surface area contributed by atoms with Gasteiger partial charge in [-0.1, -0.05) is 0 Å². The number of hydrogen-bond donors (Lipinski definition) is 1. The maximum atomic E-state index is 11.6. The standard InChI is InChI=1S/C12H16O6/c1-4-16-12(17-5-2)9-6-8(14)10(7(3)13)11(15)18-9/h6,12,14H,4-5H2,1-3H3. The fourth-order valence-corrected chi connectivity index (χ4v) is 1.45. The predicted molar refractivity (Wildman–Crippen MR) is 62.6 cm³/mol. The first kappa shape index (κ1) is 14.4. The van der Waals surface area contributed by atoms with Crippen LogP contribution in [0.1, 0.15) is 43.2 Å². The highest BCUT2D eigenvalue weighted by atomic mass is 16.7. The molecule has 0 atom stereocenters. The van der Waals surface area contributed by atoms with Crippen LogP contribution in [0.5, 0.6) is 5.75 Å². The SMILES string of the molecule is CCOC(OCC)c1cc(O)c(C(C)=O)c(=O)o1. The molecule has 0 saturated heterocycles. The van der Waals surface area contributed by atoms with Gasteiger partial charge in [0.15, 0.2) is 11.5 Å². The van der Waals surface area contributed by atoms with E-state index < -0.39 is 23.4 Å². The Morgan fingerprint density at radius 2 is 1.94 bits per heavy atom. The first-order chi connectivity index (χ1) is 8.51. The van der Waals surface area contributed by atoms with Crippen molar-refractivity contribution in [2.24, 2.45) is 0 Å². The lowest BCUT2D eigenvalue weighted by Gasteiger charge is -2.15. The quantitative estimate of drug-likeness (QED) is 0.614. The van der Waals surface area contributed by atoms with Crippen LogP contribution in [0.4, 0.5) is 0 Å². The minimum Gasteiger partial charge on any atom is -0.507 e. The summed E-state index contributed by atoms with van der Waals surface area (Å²) >= 11 is 0. The van der Waals surface area contributed by atoms with Gasteiger partial charge in [-0.25, -0.2) is 4.79 Å². The third-order valence-corrected chi connectivity index (χ3v) is 2.17. The Labute approximate surface area is 104 Å². The van der Waals surface area contributed by atoms with Crippen LogP contribution in [0.25, 0.3) is 0 Å². The van der Waals surface area contributed by atoms with E-state index in [2.05, 4.69) is 0 Å². The van der Waals surface area contributed by atoms with Crippen molar-refractivity contribution in [2.45, 2.75) is 27.1 Å². The van der Waals surface area contributed by atoms with Crippen LogP contribution < -0.4 is 5.63 Å². The summed E-state index contributed by atoms with van der Waals surface area (Å²) in [5.41, 5.74) is -1.27. The summed E-state index contributed by atoms with van der Waals surface area (Å²) in [5, 5.41) is 9.64. The molecule has 0 amide bonds. The van der Waals surface area contributed by atoms with E-state index in [1.54, 1.807) is 13.8 Å². The molecule has 0 aromatic carbocycles. The van der Waals surface area contributed by atoms with E-state index >= 15 is 0 Å². The third kappa shape index (κ3) is 3.18. The molecule has 6 nitrogen and oxygen atoms in total. The highest BCUT2D eigenvalue weighted by Gasteiger charge is 2.21. The Bertz CT molecular complexity index is 470. The van der Waals surface area contributed by atoms with Gasteiger partial charge in [-0.2, -0.15) is 0 Å². The molecule has 18 heavy (non-hydrogen) atoms. The summed E-state index contributed by atoms with van der Waals surface area (Å²) in [4.78, 5) is 22.7. The van der Waals surface area contributed by atoms with E-state index in [0.717, 1.165) is 6.07 Å². The van der Waals surface area contributed by atoms with Gasteiger partial charge in [0, 0.05) is 19.3 Å². The summed E-state index contributed by atoms with van der Waals surface area (Å²) in [6, 6.07) is 1.16. The number of ketones is 1. The molecule has 100 valence electrons. The fourth-order valence-electron chi connectivity index (χ4n) is 1.45. The van der Waals surface area contributed by atoms with E-state index in [1.807, 2.05) is 0 Å². The van der Waals surface area contributed by atoms with E-state index in [4.69, 9.17) is 13.9 Å². The van der Waals surface area contributed by atoms with Gasteiger partial charge in [0.2, 0.25) is 6.29 Å². The van der Waals surface area contributed by atoms with Crippen molar-refractivity contribution in [3.05, 3.63) is 27.8 Å². The van der Waals surface area contributed by atoms with E-state index in [0.29, 0.717) is 13.2 Å². The van der Waals surface area contributed by atoms with Gasteiger partial charge in [-0.3, -0.25) is 4.79 Å². The minimum absolute atomic E-state index is 0.0335. The Morgan fingerprint density at radius 1 is 1.39 bits per heavy atom. The Hall–Kier alpha value is -1.66. The Balaban J connectivity index is 3.18. The summed E-state index contributed by atoms with van der Waals surface area (Å²) in [7, 11) is 0. The number of aromatic hydroxyl groups is 1. The average Bonchev–Trinajstić information content (AvgIpc) is 2.27. The molecule has 0 radical (unpaired) electrons. The molecule has 0 unspecified atom stereocenters. The van der Waals surface area contributed by atoms with Crippen LogP contribution in [0, 0.1) is 0 Å². The molecule has 0 saturated carbocycles. The molecule has 0 aliphatic rings. The molecule has 0 bridgehead atoms. The lowest BCUT2D eigenvalue weighted by atomic mass is 10.2. The lowest BCUT2D eigenvalue weighted by molar-refractivity contribution is -0.151. The zero-order chi connectivity index (χ0) is 13.7. The first-order valence-electron chi connectivity index (χ1n) is 5.62. The smallest absolute Gasteiger partial charge is 0.350 e. The molecule has 1 N–H and O–H groups in total. The average molecular weight is 256 g/mol. The van der Waals surface area contributed by atoms with Gasteiger partial charge in [-0.15, -0.1) is 0 Å². The van der Waals surface area contributed by atoms with E-state index in [-0.39, 0.29) is 11.3 Å². The highest BCUT2D eigenvalue weighted by molar-refractivity contribution is 5.96. The molecule has 1 heterocycles. The zero-order valence-electron chi connectivity index (χ0n) is 10.6. The number of Topliss-reactive ketones (excluding diaryl/α,β-unsaturated/α-hetero) is 1. The number of carbonyl (C=O) groups excluding carboxylic acids is 1. The van der Waals surface area contributed by atoms with Crippen molar-refractivity contribution in [1.29, 1.82) is 0 Å². The molecule has 0 aliphatic heterocycles. The molecular weight excluding hydrogens is 240 g/mol. The second-order valence-electron chi connectivity index (χ2n) is 3.50. The second-order valence-corrected chi connectivity index (χ2v) is 3.50. The van der Waals surface area contributed by atoms with Crippen LogP contribution >= 0.6 is 0 Å². The topological polar surface area (TPSA) is 86.0 Å². The molecule has 0 fully saturated rings. The number of ether oxygens (including phenoxy) is 2. The summed E-state index contributed by atoms with van der Waals surface area (Å²) in [6.45, 7) is 5.39. The Kier molecular flexibility index (Phi) is 5.06. The monoisotopic (exact) mass is 256 g/mol. The van der Waals surface area contributed by atoms with Gasteiger partial charge in [0.1, 0.15) is 11.3 Å². The normalized spacial score (nSPS) is 10.9. The third-order valence-electron chi connectivity index (χ3n) is 2.17. The van der Waals surface area contributed by atoms with Crippen molar-refractivity contribution in [1.82, 2.24) is 0 Å². The maximum absolute atomic E-state index is 11.6. The van der Waals surface area contributed by atoms with Crippen LogP contribution in [-0.4, -0.2) is 24.1 Å². The molecule has 1 aromatic rings. The summed E-state index contributed by atoms with van der Waals surface area (Å²) in [6.07, 6.45) is -0.875. The van der Waals surface area contributed by atoms with Gasteiger partial charge in [0.25, 0.3) is 0 Å². The molecule has 1 aromatic heterocycles. The van der Waals surface area contributed by atoms with Gasteiger partial charge in [-0.05, 0) is 20.8 Å². The highest BCUT2D eigenvalue weighted by Crippen LogP contribution is 2.23. The number of rotatable bonds is 6. The zero-order valence-corrected chi connectivity index (χ0v) is 10.6. The van der Waals surface area contributed by atoms with E-state index in [9.17, 15) is 14.7 Å². The number of carbonyl (C=O) groups is 1. The molecule has 0 spiro atoms. The maximum Gasteiger partial charge on any atom is 0.350 e. The van der Waals surface area contributed by atoms with Crippen LogP contribution in [-0.2, 0) is 9.47 Å². The first-order valence-corrected chi connectivity index (χ1v) is 5.62. The van der Waals surface area contributed by atoms with E-state index in [1.165, 1.54) is 6.92 Å². The van der Waals surface area contributed by atoms with Gasteiger partial charge < -0.3 is 19.0 Å². The van der Waals surface area contributed by atoms with Crippen LogP contribution in [0.3, 0.4) is 0 Å². The molecule has 1 rings (SSSR count). The van der Waals surface area contributed by atoms with Crippen LogP contribution in [0.15, 0.2) is 15.3 Å². The van der Waals surface area contributed by atoms with Gasteiger partial charge >= 0.3 is 5.63 Å². The summed E-state index contributed by atoms with van der Waals surface area (Å²) < 4.78 is 15.4. The molecule has 0 aliphatic carbocycles. The molecular formula is C12H16O6. The minimum atomic E-state index is -0.901. The van der Waals surface area contributed by atoms with Crippen molar-refractivity contribution in [3.63, 3.8) is 0 Å². The Morgan fingerprint density at radius 3 is 2.33 bits per heavy atom. The van der Waals surface area contributed by atoms with Crippen molar-refractivity contribution in [3.8, 4) is 5.75 Å². The number of hydrogen-bond acceptors (Lipinski definition) is 6. The van der Waals surface area contributed by atoms with Gasteiger partial charge in [0.05, 0.1) is 0 Å². The van der Waals surface area contributed by atoms with Crippen molar-refractivity contribution in [2.75, 3.05) is 13.2 Å². The van der Waals surface area contributed by atoms with Crippen molar-refractivity contribution < 1.29 is 23.8 Å². The summed E-state index contributed by atoms with van der Waals surface area (Å²) in [5.74, 6) is -0.957.